The van der Waals surface area contributed by atoms with E-state index in [2.05, 4.69) is 14.9 Å². The highest BCUT2D eigenvalue weighted by molar-refractivity contribution is 7.15. The molecule has 4 aromatic rings. The van der Waals surface area contributed by atoms with E-state index in [1.165, 1.54) is 17.4 Å². The molecule has 1 amide bonds. The van der Waals surface area contributed by atoms with Crippen LogP contribution < -0.4 is 4.90 Å². The molecule has 0 N–H and O–H groups in total. The van der Waals surface area contributed by atoms with Crippen LogP contribution in [0.2, 0.25) is 0 Å². The van der Waals surface area contributed by atoms with Gasteiger partial charge in [-0.25, -0.2) is 9.97 Å². The SMILES string of the molecule is Cc1nc(C(=O)N2CC3CC(C2)CN(c2cnc4ccccc4n2)C3)c(-c2cccc(C(F)(F)F)c2)s1. The third-order valence-electron chi connectivity index (χ3n) is 7.02. The maximum atomic E-state index is 13.6. The Morgan fingerprint density at radius 2 is 1.70 bits per heavy atom. The number of hydrogen-bond acceptors (Lipinski definition) is 6. The predicted octanol–water partition coefficient (Wildman–Crippen LogP) is 5.68. The van der Waals surface area contributed by atoms with Gasteiger partial charge in [0.2, 0.25) is 0 Å². The van der Waals surface area contributed by atoms with Crippen LogP contribution in [0.3, 0.4) is 0 Å². The molecule has 0 spiro atoms. The van der Waals surface area contributed by atoms with Gasteiger partial charge in [0.05, 0.1) is 32.7 Å². The van der Waals surface area contributed by atoms with E-state index in [9.17, 15) is 18.0 Å². The van der Waals surface area contributed by atoms with Crippen molar-refractivity contribution in [3.05, 3.63) is 71.0 Å². The number of piperidine rings is 2. The number of alkyl halides is 3. The smallest absolute Gasteiger partial charge is 0.355 e. The summed E-state index contributed by atoms with van der Waals surface area (Å²) >= 11 is 1.25. The highest BCUT2D eigenvalue weighted by atomic mass is 32.1. The fourth-order valence-corrected chi connectivity index (χ4v) is 6.39. The molecule has 2 aromatic carbocycles. The fourth-order valence-electron chi connectivity index (χ4n) is 5.49. The molecule has 2 aliphatic heterocycles. The average Bonchev–Trinajstić information content (AvgIpc) is 3.28. The summed E-state index contributed by atoms with van der Waals surface area (Å²) in [4.78, 5) is 32.0. The molecule has 10 heteroatoms. The summed E-state index contributed by atoms with van der Waals surface area (Å²) in [5.41, 5.74) is 1.57. The zero-order chi connectivity index (χ0) is 25.7. The summed E-state index contributed by atoms with van der Waals surface area (Å²) in [6.07, 6.45) is -1.62. The quantitative estimate of drug-likeness (QED) is 0.346. The van der Waals surface area contributed by atoms with Gasteiger partial charge in [0, 0.05) is 26.2 Å². The highest BCUT2D eigenvalue weighted by Gasteiger charge is 2.38. The molecule has 190 valence electrons. The van der Waals surface area contributed by atoms with Crippen molar-refractivity contribution in [1.82, 2.24) is 19.9 Å². The van der Waals surface area contributed by atoms with Gasteiger partial charge in [-0.3, -0.25) is 9.78 Å². The number of nitrogens with zero attached hydrogens (tertiary/aromatic N) is 5. The molecular formula is C27H24F3N5OS. The Balaban J connectivity index is 1.22. The molecule has 2 aliphatic rings. The zero-order valence-corrected chi connectivity index (χ0v) is 20.9. The van der Waals surface area contributed by atoms with Crippen LogP contribution in [0, 0.1) is 18.8 Å². The third kappa shape index (κ3) is 4.66. The lowest BCUT2D eigenvalue weighted by Gasteiger charge is -2.46. The Kier molecular flexibility index (Phi) is 5.86. The minimum Gasteiger partial charge on any atom is -0.355 e. The van der Waals surface area contributed by atoms with E-state index in [1.807, 2.05) is 35.4 Å². The van der Waals surface area contributed by atoms with Gasteiger partial charge in [-0.05, 0) is 55.0 Å². The molecule has 2 fully saturated rings. The standard InChI is InChI=1S/C27H24F3N5OS/c1-16-32-24(25(37-16)19-5-4-6-20(10-19)27(28,29)30)26(36)35-14-17-9-18(15-35)13-34(12-17)23-11-31-21-7-2-3-8-22(21)33-23/h2-8,10-11,17-18H,9,12-15H2,1H3. The molecule has 0 radical (unpaired) electrons. The second-order valence-electron chi connectivity index (χ2n) is 9.79. The summed E-state index contributed by atoms with van der Waals surface area (Å²) in [6.45, 7) is 4.45. The molecule has 2 aromatic heterocycles. The van der Waals surface area contributed by atoms with Gasteiger partial charge in [-0.1, -0.05) is 24.3 Å². The Morgan fingerprint density at radius 3 is 2.43 bits per heavy atom. The summed E-state index contributed by atoms with van der Waals surface area (Å²) in [5.74, 6) is 1.16. The fraction of sp³-hybridized carbons (Fsp3) is 0.333. The van der Waals surface area contributed by atoms with Crippen molar-refractivity contribution in [1.29, 1.82) is 0 Å². The number of thiazole rings is 1. The second-order valence-corrected chi connectivity index (χ2v) is 11.0. The number of likely N-dealkylation sites (tertiary alicyclic amines) is 1. The van der Waals surface area contributed by atoms with Gasteiger partial charge in [0.15, 0.2) is 0 Å². The largest absolute Gasteiger partial charge is 0.416 e. The van der Waals surface area contributed by atoms with E-state index in [4.69, 9.17) is 4.98 Å². The first-order valence-electron chi connectivity index (χ1n) is 12.2. The highest BCUT2D eigenvalue weighted by Crippen LogP contribution is 2.37. The Labute approximate surface area is 215 Å². The molecule has 4 heterocycles. The van der Waals surface area contributed by atoms with E-state index >= 15 is 0 Å². The van der Waals surface area contributed by atoms with E-state index in [1.54, 1.807) is 13.0 Å². The number of anilines is 1. The number of fused-ring (bicyclic) bond motifs is 3. The number of carbonyl (C=O) groups excluding carboxylic acids is 1. The van der Waals surface area contributed by atoms with Crippen molar-refractivity contribution in [3.8, 4) is 10.4 Å². The number of benzene rings is 2. The van der Waals surface area contributed by atoms with Gasteiger partial charge in [-0.15, -0.1) is 11.3 Å². The van der Waals surface area contributed by atoms with Gasteiger partial charge in [0.25, 0.3) is 5.91 Å². The maximum absolute atomic E-state index is 13.6. The van der Waals surface area contributed by atoms with E-state index in [-0.39, 0.29) is 23.4 Å². The average molecular weight is 524 g/mol. The number of rotatable bonds is 3. The van der Waals surface area contributed by atoms with Gasteiger partial charge < -0.3 is 9.80 Å². The Morgan fingerprint density at radius 1 is 0.973 bits per heavy atom. The summed E-state index contributed by atoms with van der Waals surface area (Å²) in [7, 11) is 0. The lowest BCUT2D eigenvalue weighted by Crippen LogP contribution is -2.54. The molecule has 2 unspecified atom stereocenters. The van der Waals surface area contributed by atoms with Crippen molar-refractivity contribution in [3.63, 3.8) is 0 Å². The van der Waals surface area contributed by atoms with Crippen molar-refractivity contribution in [2.45, 2.75) is 19.5 Å². The van der Waals surface area contributed by atoms with E-state index < -0.39 is 11.7 Å². The number of para-hydroxylation sites is 2. The number of aromatic nitrogens is 3. The van der Waals surface area contributed by atoms with Crippen LogP contribution in [0.5, 0.6) is 0 Å². The molecule has 0 aliphatic carbocycles. The zero-order valence-electron chi connectivity index (χ0n) is 20.1. The first-order chi connectivity index (χ1) is 17.7. The Bertz CT molecular complexity index is 1470. The molecule has 6 rings (SSSR count). The summed E-state index contributed by atoms with van der Waals surface area (Å²) in [6, 6.07) is 12.9. The van der Waals surface area contributed by atoms with Gasteiger partial charge >= 0.3 is 6.18 Å². The van der Waals surface area contributed by atoms with Crippen molar-refractivity contribution < 1.29 is 18.0 Å². The van der Waals surface area contributed by atoms with Gasteiger partial charge in [0.1, 0.15) is 11.5 Å². The molecule has 6 nitrogen and oxygen atoms in total. The van der Waals surface area contributed by atoms with Crippen molar-refractivity contribution in [2.75, 3.05) is 31.1 Å². The number of halogens is 3. The minimum atomic E-state index is -4.45. The topological polar surface area (TPSA) is 62.2 Å². The monoisotopic (exact) mass is 523 g/mol. The van der Waals surface area contributed by atoms with Crippen LogP contribution in [0.1, 0.15) is 27.5 Å². The Hall–Kier alpha value is -3.53. The number of hydrogen-bond donors (Lipinski definition) is 0. The van der Waals surface area contributed by atoms with Crippen molar-refractivity contribution >= 4 is 34.1 Å². The lowest BCUT2D eigenvalue weighted by molar-refractivity contribution is -0.137. The van der Waals surface area contributed by atoms with Crippen LogP contribution in [-0.2, 0) is 6.18 Å². The number of carbonyl (C=O) groups is 1. The number of amides is 1. The van der Waals surface area contributed by atoms with Crippen LogP contribution >= 0.6 is 11.3 Å². The van der Waals surface area contributed by atoms with Gasteiger partial charge in [-0.2, -0.15) is 13.2 Å². The molecule has 2 bridgehead atoms. The van der Waals surface area contributed by atoms with Crippen LogP contribution in [0.25, 0.3) is 21.5 Å². The molecule has 2 saturated heterocycles. The second kappa shape index (κ2) is 9.09. The first kappa shape index (κ1) is 23.8. The summed E-state index contributed by atoms with van der Waals surface area (Å²) < 4.78 is 39.9. The lowest BCUT2D eigenvalue weighted by atomic mass is 9.84. The first-order valence-corrected chi connectivity index (χ1v) is 13.0. The van der Waals surface area contributed by atoms with Crippen molar-refractivity contribution in [2.24, 2.45) is 11.8 Å². The predicted molar refractivity (Wildman–Crippen MR) is 137 cm³/mol. The van der Waals surface area contributed by atoms with Crippen LogP contribution in [0.15, 0.2) is 54.7 Å². The maximum Gasteiger partial charge on any atom is 0.416 e. The summed E-state index contributed by atoms with van der Waals surface area (Å²) in [5, 5.41) is 0.647. The third-order valence-corrected chi connectivity index (χ3v) is 8.04. The molecule has 2 atom stereocenters. The molecule has 0 saturated carbocycles. The molecule has 37 heavy (non-hydrogen) atoms. The molecular weight excluding hydrogens is 499 g/mol. The minimum absolute atomic E-state index is 0.217. The van der Waals surface area contributed by atoms with Crippen LogP contribution in [0.4, 0.5) is 19.0 Å². The number of aryl methyl sites for hydroxylation is 1. The van der Waals surface area contributed by atoms with E-state index in [0.717, 1.165) is 48.5 Å². The van der Waals surface area contributed by atoms with Crippen LogP contribution in [-0.4, -0.2) is 51.9 Å². The van der Waals surface area contributed by atoms with E-state index in [0.29, 0.717) is 28.5 Å². The normalized spacial score (nSPS) is 19.9.